The Kier molecular flexibility index (Phi) is 4.32. The van der Waals surface area contributed by atoms with Crippen LogP contribution in [-0.2, 0) is 0 Å². The molecule has 0 aromatic heterocycles. The monoisotopic (exact) mass is 390 g/mol. The summed E-state index contributed by atoms with van der Waals surface area (Å²) in [6.07, 6.45) is 0. The van der Waals surface area contributed by atoms with Gasteiger partial charge in [-0.15, -0.1) is 0 Å². The summed E-state index contributed by atoms with van der Waals surface area (Å²) in [4.78, 5) is 0. The van der Waals surface area contributed by atoms with Crippen LogP contribution in [0.1, 0.15) is 0 Å². The molecule has 6 heavy (non-hydrogen) atoms. The molecule has 5 heteroatoms. The minimum absolute atomic E-state index is 0.167. The molecular formula is CH3As5. The summed E-state index contributed by atoms with van der Waals surface area (Å²) in [5.74, 6) is 0. The molecule has 0 aliphatic carbocycles. The van der Waals surface area contributed by atoms with E-state index in [1.807, 2.05) is 0 Å². The van der Waals surface area contributed by atoms with Crippen LogP contribution in [0.3, 0.4) is 0 Å². The van der Waals surface area contributed by atoms with Crippen LogP contribution in [0.5, 0.6) is 0 Å². The molecule has 0 bridgehead atoms. The van der Waals surface area contributed by atoms with Gasteiger partial charge in [-0.2, -0.15) is 0 Å². The van der Waals surface area contributed by atoms with E-state index in [9.17, 15) is 0 Å². The van der Waals surface area contributed by atoms with E-state index in [0.29, 0.717) is 0 Å². The molecule has 1 heterocycles. The summed E-state index contributed by atoms with van der Waals surface area (Å²) in [6, 6.07) is 0. The third-order valence-corrected chi connectivity index (χ3v) is 171. The molecule has 0 amide bonds. The van der Waals surface area contributed by atoms with Crippen LogP contribution >= 0.6 is 0 Å². The second-order valence-electron chi connectivity index (χ2n) is 0.847. The van der Waals surface area contributed by atoms with Crippen molar-refractivity contribution in [3.63, 3.8) is 0 Å². The molecule has 0 N–H and O–H groups in total. The van der Waals surface area contributed by atoms with Crippen molar-refractivity contribution in [3.8, 4) is 0 Å². The summed E-state index contributed by atoms with van der Waals surface area (Å²) in [5, 5.41) is 0. The number of hydrogen-bond acceptors (Lipinski definition) is 0. The van der Waals surface area contributed by atoms with Crippen LogP contribution in [-0.4, -0.2) is 57.0 Å². The zero-order chi connectivity index (χ0) is 4.41. The Hall–Kier alpha value is 2.79. The first-order valence-electron chi connectivity index (χ1n) is 1.45. The van der Waals surface area contributed by atoms with Crippen LogP contribution < -0.4 is 0 Å². The first kappa shape index (κ1) is 6.91. The fourth-order valence-corrected chi connectivity index (χ4v) is 397. The molecule has 1 saturated heterocycles. The first-order chi connectivity index (χ1) is 2.89. The standard InChI is InChI=1S/CH3As5/c1-6-4-2-3-5-6/h1H3. The Balaban J connectivity index is 2.18. The van der Waals surface area contributed by atoms with E-state index in [0.717, 1.165) is 46.5 Å². The van der Waals surface area contributed by atoms with Crippen LogP contribution in [0.4, 0.5) is 0 Å². The Morgan fingerprint density at radius 2 is 1.67 bits per heavy atom. The van der Waals surface area contributed by atoms with Crippen LogP contribution in [0, 0.1) is 0 Å². The topological polar surface area (TPSA) is 0 Å². The van der Waals surface area contributed by atoms with Gasteiger partial charge in [-0.1, -0.05) is 0 Å². The van der Waals surface area contributed by atoms with Gasteiger partial charge in [-0.25, -0.2) is 0 Å². The fourth-order valence-electron chi connectivity index (χ4n) is 0.169. The summed E-state index contributed by atoms with van der Waals surface area (Å²) in [5.41, 5.74) is 2.62. The van der Waals surface area contributed by atoms with Gasteiger partial charge in [0.2, 0.25) is 0 Å². The van der Waals surface area contributed by atoms with Gasteiger partial charge >= 0.3 is 62.7 Å². The van der Waals surface area contributed by atoms with E-state index in [1.54, 1.807) is 0 Å². The molecule has 0 nitrogen and oxygen atoms in total. The van der Waals surface area contributed by atoms with Gasteiger partial charge in [0.05, 0.1) is 0 Å². The predicted molar refractivity (Wildman–Crippen MR) is 34.6 cm³/mol. The van der Waals surface area contributed by atoms with E-state index in [1.165, 1.54) is 0 Å². The van der Waals surface area contributed by atoms with Crippen molar-refractivity contribution in [2.45, 2.75) is 5.71 Å². The summed E-state index contributed by atoms with van der Waals surface area (Å²) >= 11 is 4.47. The van der Waals surface area contributed by atoms with E-state index < -0.39 is 0 Å². The van der Waals surface area contributed by atoms with Crippen LogP contribution in [0.2, 0.25) is 5.71 Å². The molecule has 0 aromatic carbocycles. The number of hydrogen-bond donors (Lipinski definition) is 0. The molecule has 0 saturated carbocycles. The van der Waals surface area contributed by atoms with Crippen molar-refractivity contribution in [3.05, 3.63) is 0 Å². The number of rotatable bonds is 0. The Morgan fingerprint density at radius 1 is 1.17 bits per heavy atom. The van der Waals surface area contributed by atoms with Gasteiger partial charge < -0.3 is 0 Å². The normalized spacial score (nSPS) is 50.5. The van der Waals surface area contributed by atoms with Gasteiger partial charge in [0, 0.05) is 0 Å². The molecule has 4 radical (unpaired) electrons. The third kappa shape index (κ3) is 2.38. The molecule has 0 aromatic rings. The van der Waals surface area contributed by atoms with Crippen molar-refractivity contribution in [2.75, 3.05) is 0 Å². The van der Waals surface area contributed by atoms with Crippen molar-refractivity contribution in [1.29, 1.82) is 0 Å². The molecular weight excluding hydrogens is 387 g/mol. The maximum absolute atomic E-state index is 2.62. The molecule has 32 valence electrons. The fraction of sp³-hybridized carbons (Fsp3) is 1.00. The van der Waals surface area contributed by atoms with E-state index >= 15 is 0 Å². The summed E-state index contributed by atoms with van der Waals surface area (Å²) < 4.78 is 0. The third-order valence-electron chi connectivity index (χ3n) is 0.379. The second kappa shape index (κ2) is 3.75. The Labute approximate surface area is 61.4 Å². The van der Waals surface area contributed by atoms with Crippen LogP contribution in [0.15, 0.2) is 0 Å². The van der Waals surface area contributed by atoms with Crippen LogP contribution in [0.25, 0.3) is 0 Å². The van der Waals surface area contributed by atoms with E-state index in [2.05, 4.69) is 5.71 Å². The average Bonchev–Trinajstić information content (AvgIpc) is 1.86. The predicted octanol–water partition coefficient (Wildman–Crippen LogP) is -1.32. The average molecular weight is 390 g/mol. The van der Waals surface area contributed by atoms with Gasteiger partial charge in [0.15, 0.2) is 0 Å². The SMILES string of the molecule is C[As]1[As][As][As][As]1. The zero-order valence-corrected chi connectivity index (χ0v) is 12.6. The Bertz CT molecular complexity index is 37.2. The van der Waals surface area contributed by atoms with Gasteiger partial charge in [0.25, 0.3) is 0 Å². The van der Waals surface area contributed by atoms with Crippen molar-refractivity contribution in [2.24, 2.45) is 0 Å². The van der Waals surface area contributed by atoms with E-state index in [-0.39, 0.29) is 10.5 Å². The van der Waals surface area contributed by atoms with Crippen molar-refractivity contribution in [1.82, 2.24) is 0 Å². The molecule has 0 spiro atoms. The molecule has 1 fully saturated rings. The Morgan fingerprint density at radius 3 is 1.83 bits per heavy atom. The van der Waals surface area contributed by atoms with Crippen molar-refractivity contribution >= 4 is 57.0 Å². The van der Waals surface area contributed by atoms with Crippen molar-refractivity contribution < 1.29 is 0 Å². The first-order valence-corrected chi connectivity index (χ1v) is 29.3. The molecule has 1 aliphatic heterocycles. The summed E-state index contributed by atoms with van der Waals surface area (Å²) in [7, 11) is 0.167. The zero-order valence-electron chi connectivity index (χ0n) is 3.24. The summed E-state index contributed by atoms with van der Waals surface area (Å²) in [6.45, 7) is 0. The van der Waals surface area contributed by atoms with Gasteiger partial charge in [0.1, 0.15) is 0 Å². The maximum atomic E-state index is 2.62. The molecule has 0 atom stereocenters. The molecule has 1 rings (SSSR count). The molecule has 1 aliphatic rings. The van der Waals surface area contributed by atoms with Gasteiger partial charge in [-0.05, 0) is 0 Å². The van der Waals surface area contributed by atoms with E-state index in [4.69, 9.17) is 0 Å². The molecule has 0 unspecified atom stereocenters. The minimum atomic E-state index is 0.167. The second-order valence-corrected chi connectivity index (χ2v) is 73.5. The van der Waals surface area contributed by atoms with Gasteiger partial charge in [-0.3, -0.25) is 0 Å². The quantitative estimate of drug-likeness (QED) is 0.451.